The van der Waals surface area contributed by atoms with E-state index in [1.54, 1.807) is 0 Å². The summed E-state index contributed by atoms with van der Waals surface area (Å²) in [6.07, 6.45) is 2.63. The summed E-state index contributed by atoms with van der Waals surface area (Å²) in [5, 5.41) is 3.37. The van der Waals surface area contributed by atoms with E-state index in [1.807, 2.05) is 6.20 Å². The van der Waals surface area contributed by atoms with Gasteiger partial charge in [0.1, 0.15) is 0 Å². The van der Waals surface area contributed by atoms with Gasteiger partial charge in [-0.05, 0) is 11.0 Å². The van der Waals surface area contributed by atoms with E-state index in [0.29, 0.717) is 6.04 Å². The first-order chi connectivity index (χ1) is 9.86. The van der Waals surface area contributed by atoms with Gasteiger partial charge in [-0.2, -0.15) is 0 Å². The molecule has 2 aromatic rings. The van der Waals surface area contributed by atoms with E-state index in [-0.39, 0.29) is 5.41 Å². The Morgan fingerprint density at radius 3 is 2.38 bits per heavy atom. The van der Waals surface area contributed by atoms with Crippen LogP contribution in [0.1, 0.15) is 46.1 Å². The average molecular weight is 286 g/mol. The number of hydrogen-bond donors (Lipinski definition) is 1. The molecule has 1 aromatic carbocycles. The fourth-order valence-electron chi connectivity index (χ4n) is 2.16. The van der Waals surface area contributed by atoms with Crippen LogP contribution in [0.3, 0.4) is 0 Å². The standard InChI is InChI=1S/C18H26N2O/c1-13(2)19-11-10-17-20-12-16(21-17)14-6-8-15(9-7-14)18(3,4)5/h6-9,12-13,19H,10-11H2,1-5H3. The molecule has 0 saturated carbocycles. The van der Waals surface area contributed by atoms with Crippen LogP contribution in [0.5, 0.6) is 0 Å². The third-order valence-electron chi connectivity index (χ3n) is 3.48. The lowest BCUT2D eigenvalue weighted by Crippen LogP contribution is -2.24. The largest absolute Gasteiger partial charge is 0.441 e. The van der Waals surface area contributed by atoms with Crippen LogP contribution in [-0.4, -0.2) is 17.6 Å². The van der Waals surface area contributed by atoms with Crippen molar-refractivity contribution >= 4 is 0 Å². The number of nitrogens with one attached hydrogen (secondary N) is 1. The van der Waals surface area contributed by atoms with E-state index in [0.717, 1.165) is 30.2 Å². The molecule has 0 fully saturated rings. The second-order valence-corrected chi connectivity index (χ2v) is 6.80. The lowest BCUT2D eigenvalue weighted by atomic mass is 9.86. The van der Waals surface area contributed by atoms with Gasteiger partial charge in [0.05, 0.1) is 6.20 Å². The minimum Gasteiger partial charge on any atom is -0.441 e. The highest BCUT2D eigenvalue weighted by Crippen LogP contribution is 2.26. The minimum atomic E-state index is 0.174. The van der Waals surface area contributed by atoms with Gasteiger partial charge in [0.15, 0.2) is 11.7 Å². The van der Waals surface area contributed by atoms with Crippen molar-refractivity contribution < 1.29 is 4.42 Å². The molecule has 0 bridgehead atoms. The van der Waals surface area contributed by atoms with Crippen LogP contribution in [0.4, 0.5) is 0 Å². The lowest BCUT2D eigenvalue weighted by molar-refractivity contribution is 0.484. The van der Waals surface area contributed by atoms with E-state index < -0.39 is 0 Å². The van der Waals surface area contributed by atoms with E-state index in [9.17, 15) is 0 Å². The van der Waals surface area contributed by atoms with E-state index in [1.165, 1.54) is 5.56 Å². The SMILES string of the molecule is CC(C)NCCc1ncc(-c2ccc(C(C)(C)C)cc2)o1. The molecule has 0 aliphatic rings. The number of benzene rings is 1. The van der Waals surface area contributed by atoms with Crippen molar-refractivity contribution in [2.45, 2.75) is 52.5 Å². The number of oxazole rings is 1. The molecule has 1 N–H and O–H groups in total. The summed E-state index contributed by atoms with van der Waals surface area (Å²) in [5.74, 6) is 1.63. The van der Waals surface area contributed by atoms with Crippen molar-refractivity contribution in [3.8, 4) is 11.3 Å². The molecule has 3 nitrogen and oxygen atoms in total. The van der Waals surface area contributed by atoms with Gasteiger partial charge in [0, 0.05) is 24.6 Å². The van der Waals surface area contributed by atoms with Gasteiger partial charge in [-0.1, -0.05) is 58.9 Å². The molecular weight excluding hydrogens is 260 g/mol. The smallest absolute Gasteiger partial charge is 0.196 e. The predicted octanol–water partition coefficient (Wildman–Crippen LogP) is 4.18. The molecule has 0 unspecified atom stereocenters. The number of rotatable bonds is 5. The Bertz CT molecular complexity index is 562. The summed E-state index contributed by atoms with van der Waals surface area (Å²) in [6.45, 7) is 11.8. The molecule has 0 radical (unpaired) electrons. The first-order valence-electron chi connectivity index (χ1n) is 7.65. The monoisotopic (exact) mass is 286 g/mol. The molecular formula is C18H26N2O. The molecule has 1 heterocycles. The molecule has 0 atom stereocenters. The van der Waals surface area contributed by atoms with Crippen LogP contribution in [0.15, 0.2) is 34.9 Å². The normalized spacial score (nSPS) is 12.1. The minimum absolute atomic E-state index is 0.174. The fraction of sp³-hybridized carbons (Fsp3) is 0.500. The maximum absolute atomic E-state index is 5.83. The van der Waals surface area contributed by atoms with Gasteiger partial charge in [0.25, 0.3) is 0 Å². The fourth-order valence-corrected chi connectivity index (χ4v) is 2.16. The highest BCUT2D eigenvalue weighted by Gasteiger charge is 2.14. The van der Waals surface area contributed by atoms with Crippen LogP contribution in [-0.2, 0) is 11.8 Å². The van der Waals surface area contributed by atoms with E-state index in [4.69, 9.17) is 4.42 Å². The summed E-state index contributed by atoms with van der Waals surface area (Å²) >= 11 is 0. The number of hydrogen-bond acceptors (Lipinski definition) is 3. The Kier molecular flexibility index (Phi) is 4.84. The summed E-state index contributed by atoms with van der Waals surface area (Å²) < 4.78 is 5.83. The zero-order chi connectivity index (χ0) is 15.5. The first kappa shape index (κ1) is 15.8. The molecule has 0 aliphatic heterocycles. The second kappa shape index (κ2) is 6.44. The molecule has 0 amide bonds. The molecule has 21 heavy (non-hydrogen) atoms. The third kappa shape index (κ3) is 4.43. The first-order valence-corrected chi connectivity index (χ1v) is 7.65. The highest BCUT2D eigenvalue weighted by atomic mass is 16.4. The van der Waals surface area contributed by atoms with Crippen molar-refractivity contribution in [1.29, 1.82) is 0 Å². The number of nitrogens with zero attached hydrogens (tertiary/aromatic N) is 1. The van der Waals surface area contributed by atoms with Crippen LogP contribution >= 0.6 is 0 Å². The lowest BCUT2D eigenvalue weighted by Gasteiger charge is -2.18. The third-order valence-corrected chi connectivity index (χ3v) is 3.48. The summed E-state index contributed by atoms with van der Waals surface area (Å²) in [7, 11) is 0. The highest BCUT2D eigenvalue weighted by molar-refractivity contribution is 5.57. The molecule has 0 saturated heterocycles. The van der Waals surface area contributed by atoms with Gasteiger partial charge in [-0.3, -0.25) is 0 Å². The predicted molar refractivity (Wildman–Crippen MR) is 87.5 cm³/mol. The summed E-state index contributed by atoms with van der Waals surface area (Å²) in [4.78, 5) is 4.35. The van der Waals surface area contributed by atoms with Crippen molar-refractivity contribution in [3.05, 3.63) is 41.9 Å². The van der Waals surface area contributed by atoms with Crippen molar-refractivity contribution in [2.75, 3.05) is 6.54 Å². The molecule has 114 valence electrons. The van der Waals surface area contributed by atoms with Gasteiger partial charge in [0.2, 0.25) is 0 Å². The summed E-state index contributed by atoms with van der Waals surface area (Å²) in [6, 6.07) is 9.04. The molecule has 1 aromatic heterocycles. The Morgan fingerprint density at radius 1 is 1.14 bits per heavy atom. The Balaban J connectivity index is 2.04. The topological polar surface area (TPSA) is 38.1 Å². The molecule has 2 rings (SSSR count). The Labute approximate surface area is 127 Å². The zero-order valence-electron chi connectivity index (χ0n) is 13.7. The van der Waals surface area contributed by atoms with Crippen LogP contribution in [0.25, 0.3) is 11.3 Å². The van der Waals surface area contributed by atoms with Gasteiger partial charge in [-0.15, -0.1) is 0 Å². The van der Waals surface area contributed by atoms with Crippen LogP contribution < -0.4 is 5.32 Å². The zero-order valence-corrected chi connectivity index (χ0v) is 13.7. The average Bonchev–Trinajstić information content (AvgIpc) is 2.86. The van der Waals surface area contributed by atoms with Gasteiger partial charge >= 0.3 is 0 Å². The van der Waals surface area contributed by atoms with Gasteiger partial charge < -0.3 is 9.73 Å². The van der Waals surface area contributed by atoms with Crippen LogP contribution in [0, 0.1) is 0 Å². The van der Waals surface area contributed by atoms with Crippen molar-refractivity contribution in [2.24, 2.45) is 0 Å². The van der Waals surface area contributed by atoms with E-state index in [2.05, 4.69) is 69.2 Å². The van der Waals surface area contributed by atoms with Crippen LogP contribution in [0.2, 0.25) is 0 Å². The van der Waals surface area contributed by atoms with Gasteiger partial charge in [-0.25, -0.2) is 4.98 Å². The van der Waals surface area contributed by atoms with Crippen molar-refractivity contribution in [3.63, 3.8) is 0 Å². The van der Waals surface area contributed by atoms with E-state index >= 15 is 0 Å². The molecule has 3 heteroatoms. The van der Waals surface area contributed by atoms with Crippen molar-refractivity contribution in [1.82, 2.24) is 10.3 Å². The summed E-state index contributed by atoms with van der Waals surface area (Å²) in [5.41, 5.74) is 2.58. The quantitative estimate of drug-likeness (QED) is 0.896. The Hall–Kier alpha value is -1.61. The number of aromatic nitrogens is 1. The maximum Gasteiger partial charge on any atom is 0.196 e. The second-order valence-electron chi connectivity index (χ2n) is 6.80. The molecule has 0 spiro atoms. The maximum atomic E-state index is 5.83. The Morgan fingerprint density at radius 2 is 1.81 bits per heavy atom. The molecule has 0 aliphatic carbocycles.